The van der Waals surface area contributed by atoms with Crippen LogP contribution in [-0.4, -0.2) is 38.7 Å². The van der Waals surface area contributed by atoms with Crippen LogP contribution in [0.2, 0.25) is 5.02 Å². The number of pyridine rings is 1. The van der Waals surface area contributed by atoms with Crippen LogP contribution < -0.4 is 4.74 Å². The van der Waals surface area contributed by atoms with E-state index in [1.54, 1.807) is 28.8 Å². The number of hydrogen-bond donors (Lipinski definition) is 0. The van der Waals surface area contributed by atoms with Crippen LogP contribution in [0.25, 0.3) is 11.3 Å². The maximum atomic E-state index is 13.9. The minimum Gasteiger partial charge on any atom is -0.480 e. The second-order valence-corrected chi connectivity index (χ2v) is 8.70. The summed E-state index contributed by atoms with van der Waals surface area (Å²) in [7, 11) is 3.11. The SMILES string of the molecule is COc1nc(C(=O)N2[C@H]3CCC[C@@H]2c2nn(C)c(-c4cc(F)c(F)c(F)c4)c2C3)ccc1Cl. The first-order valence-electron chi connectivity index (χ1n) is 10.5. The molecule has 2 aliphatic rings. The number of benzene rings is 1. The first-order chi connectivity index (χ1) is 15.8. The van der Waals surface area contributed by atoms with Crippen LogP contribution in [0.3, 0.4) is 0 Å². The molecule has 2 aliphatic heterocycles. The zero-order valence-corrected chi connectivity index (χ0v) is 18.7. The van der Waals surface area contributed by atoms with E-state index in [1.807, 2.05) is 0 Å². The number of carbonyl (C=O) groups excluding carboxylic acids is 1. The number of carbonyl (C=O) groups is 1. The Morgan fingerprint density at radius 1 is 1.18 bits per heavy atom. The van der Waals surface area contributed by atoms with E-state index in [-0.39, 0.29) is 35.1 Å². The molecule has 6 nitrogen and oxygen atoms in total. The lowest BCUT2D eigenvalue weighted by molar-refractivity contribution is 0.0385. The summed E-state index contributed by atoms with van der Waals surface area (Å²) in [5.41, 5.74) is 2.46. The molecular formula is C23H20ClF3N4O2. The smallest absolute Gasteiger partial charge is 0.273 e. The zero-order chi connectivity index (χ0) is 23.4. The molecule has 0 saturated carbocycles. The van der Waals surface area contributed by atoms with Gasteiger partial charge < -0.3 is 9.64 Å². The van der Waals surface area contributed by atoms with Crippen molar-refractivity contribution in [1.82, 2.24) is 19.7 Å². The largest absolute Gasteiger partial charge is 0.480 e. The molecule has 4 heterocycles. The second kappa shape index (κ2) is 8.06. The number of amides is 1. The number of aromatic nitrogens is 3. The second-order valence-electron chi connectivity index (χ2n) is 8.29. The fraction of sp³-hybridized carbons (Fsp3) is 0.348. The molecule has 2 bridgehead atoms. The van der Waals surface area contributed by atoms with E-state index in [2.05, 4.69) is 10.1 Å². The van der Waals surface area contributed by atoms with Crippen molar-refractivity contribution in [2.75, 3.05) is 7.11 Å². The van der Waals surface area contributed by atoms with Gasteiger partial charge in [0.15, 0.2) is 17.5 Å². The Balaban J connectivity index is 1.57. The Bertz CT molecular complexity index is 1260. The highest BCUT2D eigenvalue weighted by Gasteiger charge is 2.44. The van der Waals surface area contributed by atoms with Gasteiger partial charge in [0.05, 0.1) is 24.5 Å². The first kappa shape index (κ1) is 21.8. The molecule has 10 heteroatoms. The Labute approximate surface area is 192 Å². The molecule has 1 fully saturated rings. The van der Waals surface area contributed by atoms with Crippen molar-refractivity contribution in [2.45, 2.75) is 37.8 Å². The van der Waals surface area contributed by atoms with E-state index < -0.39 is 17.5 Å². The third-order valence-corrected chi connectivity index (χ3v) is 6.68. The molecule has 5 rings (SSSR count). The van der Waals surface area contributed by atoms with Crippen LogP contribution in [0.5, 0.6) is 5.88 Å². The van der Waals surface area contributed by atoms with E-state index in [1.165, 1.54) is 7.11 Å². The average Bonchev–Trinajstić information content (AvgIpc) is 3.12. The monoisotopic (exact) mass is 476 g/mol. The number of rotatable bonds is 3. The van der Waals surface area contributed by atoms with Crippen LogP contribution in [0.4, 0.5) is 13.2 Å². The van der Waals surface area contributed by atoms with Crippen LogP contribution in [-0.2, 0) is 13.5 Å². The number of nitrogens with zero attached hydrogens (tertiary/aromatic N) is 4. The quantitative estimate of drug-likeness (QED) is 0.507. The molecule has 0 N–H and O–H groups in total. The molecule has 0 spiro atoms. The Kier molecular flexibility index (Phi) is 5.31. The number of halogens is 4. The zero-order valence-electron chi connectivity index (χ0n) is 17.9. The summed E-state index contributed by atoms with van der Waals surface area (Å²) in [4.78, 5) is 19.5. The van der Waals surface area contributed by atoms with Crippen molar-refractivity contribution in [3.05, 3.63) is 63.7 Å². The molecule has 3 aromatic rings. The van der Waals surface area contributed by atoms with Gasteiger partial charge in [0.1, 0.15) is 10.7 Å². The lowest BCUT2D eigenvalue weighted by Crippen LogP contribution is -2.50. The predicted octanol–water partition coefficient (Wildman–Crippen LogP) is 4.85. The van der Waals surface area contributed by atoms with Crippen molar-refractivity contribution in [2.24, 2.45) is 7.05 Å². The molecule has 2 atom stereocenters. The highest BCUT2D eigenvalue weighted by atomic mass is 35.5. The van der Waals surface area contributed by atoms with Crippen LogP contribution in [0.1, 0.15) is 47.1 Å². The average molecular weight is 477 g/mol. The number of fused-ring (bicyclic) bond motifs is 4. The van der Waals surface area contributed by atoms with E-state index in [0.29, 0.717) is 29.3 Å². The summed E-state index contributed by atoms with van der Waals surface area (Å²) in [6.07, 6.45) is 2.85. The van der Waals surface area contributed by atoms with Gasteiger partial charge in [-0.15, -0.1) is 0 Å². The number of aryl methyl sites for hydroxylation is 1. The van der Waals surface area contributed by atoms with Crippen molar-refractivity contribution < 1.29 is 22.7 Å². The van der Waals surface area contributed by atoms with Crippen LogP contribution in [0, 0.1) is 17.5 Å². The van der Waals surface area contributed by atoms with Gasteiger partial charge in [-0.3, -0.25) is 9.48 Å². The number of piperidine rings is 1. The van der Waals surface area contributed by atoms with Crippen molar-refractivity contribution >= 4 is 17.5 Å². The van der Waals surface area contributed by atoms with E-state index in [4.69, 9.17) is 16.3 Å². The number of ether oxygens (including phenoxy) is 1. The van der Waals surface area contributed by atoms with E-state index >= 15 is 0 Å². The van der Waals surface area contributed by atoms with Crippen molar-refractivity contribution in [3.63, 3.8) is 0 Å². The predicted molar refractivity (Wildman–Crippen MR) is 115 cm³/mol. The summed E-state index contributed by atoms with van der Waals surface area (Å²) in [5, 5.41) is 4.93. The highest BCUT2D eigenvalue weighted by molar-refractivity contribution is 6.31. The Morgan fingerprint density at radius 2 is 1.91 bits per heavy atom. The lowest BCUT2D eigenvalue weighted by atomic mass is 9.81. The number of methoxy groups -OCH3 is 1. The maximum absolute atomic E-state index is 13.9. The standard InChI is InChI=1S/C23H20ClF3N4O2/c1-30-21(11-8-15(25)19(27)16(26)9-11)13-10-12-4-3-5-18(20(13)29-30)31(12)23(32)17-7-6-14(24)22(28-17)33-2/h6-9,12,18H,3-5,10H2,1-2H3/t12-,18+/m0/s1. The fourth-order valence-electron chi connectivity index (χ4n) is 5.02. The highest BCUT2D eigenvalue weighted by Crippen LogP contribution is 2.45. The summed E-state index contributed by atoms with van der Waals surface area (Å²) < 4.78 is 48.1. The van der Waals surface area contributed by atoms with Gasteiger partial charge in [0.25, 0.3) is 5.91 Å². The van der Waals surface area contributed by atoms with Gasteiger partial charge >= 0.3 is 0 Å². The third-order valence-electron chi connectivity index (χ3n) is 6.39. The minimum atomic E-state index is -1.51. The molecule has 1 saturated heterocycles. The van der Waals surface area contributed by atoms with Gasteiger partial charge in [-0.1, -0.05) is 11.6 Å². The summed E-state index contributed by atoms with van der Waals surface area (Å²) in [6, 6.07) is 4.65. The van der Waals surface area contributed by atoms with Gasteiger partial charge in [0, 0.05) is 24.2 Å². The number of hydrogen-bond acceptors (Lipinski definition) is 4. The molecule has 0 radical (unpaired) electrons. The van der Waals surface area contributed by atoms with Crippen molar-refractivity contribution in [1.29, 1.82) is 0 Å². The molecular weight excluding hydrogens is 457 g/mol. The Hall–Kier alpha value is -3.07. The molecule has 1 amide bonds. The van der Waals surface area contributed by atoms with Crippen LogP contribution >= 0.6 is 11.6 Å². The van der Waals surface area contributed by atoms with Gasteiger partial charge in [-0.2, -0.15) is 5.10 Å². The van der Waals surface area contributed by atoms with Gasteiger partial charge in [0.2, 0.25) is 5.88 Å². The third kappa shape index (κ3) is 3.45. The lowest BCUT2D eigenvalue weighted by Gasteiger charge is -2.45. The molecule has 33 heavy (non-hydrogen) atoms. The summed E-state index contributed by atoms with van der Waals surface area (Å²) in [6.45, 7) is 0. The van der Waals surface area contributed by atoms with Gasteiger partial charge in [-0.25, -0.2) is 18.2 Å². The minimum absolute atomic E-state index is 0.134. The Morgan fingerprint density at radius 3 is 2.61 bits per heavy atom. The summed E-state index contributed by atoms with van der Waals surface area (Å²) >= 11 is 6.06. The van der Waals surface area contributed by atoms with Gasteiger partial charge in [-0.05, 0) is 49.9 Å². The maximum Gasteiger partial charge on any atom is 0.273 e. The molecule has 0 unspecified atom stereocenters. The first-order valence-corrected chi connectivity index (χ1v) is 10.9. The normalized spacial score (nSPS) is 19.4. The topological polar surface area (TPSA) is 60.2 Å². The summed E-state index contributed by atoms with van der Waals surface area (Å²) in [5.74, 6) is -4.09. The molecule has 172 valence electrons. The van der Waals surface area contributed by atoms with E-state index in [0.717, 1.165) is 30.5 Å². The molecule has 0 aliphatic carbocycles. The molecule has 2 aromatic heterocycles. The van der Waals surface area contributed by atoms with Crippen LogP contribution in [0.15, 0.2) is 24.3 Å². The molecule has 1 aromatic carbocycles. The van der Waals surface area contributed by atoms with E-state index in [9.17, 15) is 18.0 Å². The van der Waals surface area contributed by atoms with Crippen molar-refractivity contribution in [3.8, 4) is 17.1 Å². The fourth-order valence-corrected chi connectivity index (χ4v) is 5.20.